The number of rotatable bonds is 49. The third kappa shape index (κ3) is 49.3. The Morgan fingerprint density at radius 3 is 0.803 bits per heavy atom. The van der Waals surface area contributed by atoms with Crippen LogP contribution in [-0.4, -0.2) is 37.2 Å². The summed E-state index contributed by atoms with van der Waals surface area (Å²) in [5.74, 6) is 0.818. The van der Waals surface area contributed by atoms with Gasteiger partial charge in [0.25, 0.3) is 0 Å². The number of ether oxygens (including phenoxy) is 3. The van der Waals surface area contributed by atoms with Gasteiger partial charge in [0, 0.05) is 19.3 Å². The minimum atomic E-state index is -0.762. The molecule has 0 amide bonds. The summed E-state index contributed by atoms with van der Waals surface area (Å²) < 4.78 is 16.8. The number of esters is 3. The molecule has 0 aromatic rings. The molecule has 1 atom stereocenters. The first-order valence-electron chi connectivity index (χ1n) is 27.2. The van der Waals surface area contributed by atoms with E-state index in [0.29, 0.717) is 19.3 Å². The Morgan fingerprint density at radius 2 is 0.541 bits per heavy atom. The van der Waals surface area contributed by atoms with Gasteiger partial charge in [-0.2, -0.15) is 0 Å². The van der Waals surface area contributed by atoms with Gasteiger partial charge >= 0.3 is 17.9 Å². The summed E-state index contributed by atoms with van der Waals surface area (Å²) in [7, 11) is 0. The maximum absolute atomic E-state index is 12.8. The van der Waals surface area contributed by atoms with Gasteiger partial charge in [0.15, 0.2) is 6.10 Å². The Balaban J connectivity index is 4.30. The molecule has 362 valence electrons. The lowest BCUT2D eigenvalue weighted by Crippen LogP contribution is -2.30. The SMILES string of the molecule is CCCCCCCCCCCCCCCC(=O)OC[C@@H](COC(=O)CCCCCCCCCCCCC(C)C)OC(=O)CCCCCCCCCCCCCCCCC(C)C. The van der Waals surface area contributed by atoms with Gasteiger partial charge in [-0.25, -0.2) is 0 Å². The monoisotopic (exact) mass is 863 g/mol. The first kappa shape index (κ1) is 59.4. The molecular weight excluding hydrogens is 757 g/mol. The van der Waals surface area contributed by atoms with Crippen LogP contribution in [-0.2, 0) is 28.6 Å². The first-order chi connectivity index (χ1) is 29.7. The quantitative estimate of drug-likeness (QED) is 0.0344. The fourth-order valence-corrected chi connectivity index (χ4v) is 8.34. The summed E-state index contributed by atoms with van der Waals surface area (Å²) >= 11 is 0. The molecule has 0 aromatic heterocycles. The molecule has 0 spiro atoms. The van der Waals surface area contributed by atoms with E-state index < -0.39 is 6.10 Å². The molecule has 0 aliphatic heterocycles. The third-order valence-electron chi connectivity index (χ3n) is 12.5. The fourth-order valence-electron chi connectivity index (χ4n) is 8.34. The number of hydrogen-bond donors (Lipinski definition) is 0. The highest BCUT2D eigenvalue weighted by molar-refractivity contribution is 5.71. The minimum Gasteiger partial charge on any atom is -0.462 e. The average Bonchev–Trinajstić information content (AvgIpc) is 3.23. The van der Waals surface area contributed by atoms with Gasteiger partial charge in [0.2, 0.25) is 0 Å². The van der Waals surface area contributed by atoms with Crippen molar-refractivity contribution in [3.05, 3.63) is 0 Å². The summed E-state index contributed by atoms with van der Waals surface area (Å²) in [6.45, 7) is 11.4. The minimum absolute atomic E-state index is 0.0632. The van der Waals surface area contributed by atoms with Crippen molar-refractivity contribution in [3.63, 3.8) is 0 Å². The summed E-state index contributed by atoms with van der Waals surface area (Å²) in [5, 5.41) is 0. The zero-order valence-electron chi connectivity index (χ0n) is 41.8. The molecule has 0 saturated heterocycles. The highest BCUT2D eigenvalue weighted by Crippen LogP contribution is 2.18. The van der Waals surface area contributed by atoms with Gasteiger partial charge in [-0.05, 0) is 31.1 Å². The second-order valence-electron chi connectivity index (χ2n) is 19.8. The molecule has 0 radical (unpaired) electrons. The van der Waals surface area contributed by atoms with Crippen LogP contribution in [0.1, 0.15) is 304 Å². The van der Waals surface area contributed by atoms with Crippen molar-refractivity contribution in [1.29, 1.82) is 0 Å². The van der Waals surface area contributed by atoms with E-state index in [-0.39, 0.29) is 31.1 Å². The van der Waals surface area contributed by atoms with Crippen LogP contribution in [0.25, 0.3) is 0 Å². The van der Waals surface area contributed by atoms with E-state index in [4.69, 9.17) is 14.2 Å². The van der Waals surface area contributed by atoms with Crippen LogP contribution in [0.15, 0.2) is 0 Å². The molecule has 0 saturated carbocycles. The molecule has 0 aromatic carbocycles. The summed E-state index contributed by atoms with van der Waals surface area (Å²) in [5.41, 5.74) is 0. The molecule has 0 heterocycles. The zero-order valence-corrected chi connectivity index (χ0v) is 41.8. The molecule has 0 unspecified atom stereocenters. The second-order valence-corrected chi connectivity index (χ2v) is 19.8. The van der Waals surface area contributed by atoms with E-state index in [2.05, 4.69) is 34.6 Å². The average molecular weight is 863 g/mol. The smallest absolute Gasteiger partial charge is 0.306 e. The van der Waals surface area contributed by atoms with E-state index >= 15 is 0 Å². The number of hydrogen-bond acceptors (Lipinski definition) is 6. The van der Waals surface area contributed by atoms with Gasteiger partial charge in [0.05, 0.1) is 0 Å². The van der Waals surface area contributed by atoms with Crippen LogP contribution >= 0.6 is 0 Å². The van der Waals surface area contributed by atoms with Gasteiger partial charge in [0.1, 0.15) is 13.2 Å². The van der Waals surface area contributed by atoms with Crippen LogP contribution < -0.4 is 0 Å². The van der Waals surface area contributed by atoms with Crippen LogP contribution in [0.5, 0.6) is 0 Å². The summed E-state index contributed by atoms with van der Waals surface area (Å²) in [6, 6.07) is 0. The lowest BCUT2D eigenvalue weighted by Gasteiger charge is -2.18. The maximum Gasteiger partial charge on any atom is 0.306 e. The predicted molar refractivity (Wildman–Crippen MR) is 261 cm³/mol. The Hall–Kier alpha value is -1.59. The van der Waals surface area contributed by atoms with E-state index in [1.807, 2.05) is 0 Å². The molecule has 0 aliphatic carbocycles. The summed E-state index contributed by atoms with van der Waals surface area (Å²) in [6.07, 6.45) is 49.4. The highest BCUT2D eigenvalue weighted by Gasteiger charge is 2.19. The normalized spacial score (nSPS) is 12.0. The Labute approximate surface area is 380 Å². The highest BCUT2D eigenvalue weighted by atomic mass is 16.6. The second kappa shape index (κ2) is 47.9. The van der Waals surface area contributed by atoms with Crippen molar-refractivity contribution < 1.29 is 28.6 Å². The number of carbonyl (C=O) groups excluding carboxylic acids is 3. The van der Waals surface area contributed by atoms with Crippen LogP contribution in [0.2, 0.25) is 0 Å². The van der Waals surface area contributed by atoms with Crippen molar-refractivity contribution in [1.82, 2.24) is 0 Å². The third-order valence-corrected chi connectivity index (χ3v) is 12.5. The standard InChI is InChI=1S/C55H106O6/c1-6-7-8-9-10-11-12-15-19-25-30-35-40-45-53(56)59-48-52(49-60-54(57)46-41-36-31-26-22-21-24-29-34-39-44-51(4)5)61-55(58)47-42-37-32-27-20-17-14-13-16-18-23-28-33-38-43-50(2)3/h50-52H,6-49H2,1-5H3/t52-/m0/s1. The largest absolute Gasteiger partial charge is 0.462 e. The Bertz CT molecular complexity index is 931. The topological polar surface area (TPSA) is 78.9 Å². The molecule has 6 nitrogen and oxygen atoms in total. The fraction of sp³-hybridized carbons (Fsp3) is 0.945. The van der Waals surface area contributed by atoms with Gasteiger partial charge in [-0.3, -0.25) is 14.4 Å². The van der Waals surface area contributed by atoms with E-state index in [9.17, 15) is 14.4 Å². The summed E-state index contributed by atoms with van der Waals surface area (Å²) in [4.78, 5) is 38.0. The molecule has 0 aliphatic rings. The van der Waals surface area contributed by atoms with Gasteiger partial charge < -0.3 is 14.2 Å². The Kier molecular flexibility index (Phi) is 46.6. The molecule has 0 rings (SSSR count). The van der Waals surface area contributed by atoms with Gasteiger partial charge in [-0.15, -0.1) is 0 Å². The first-order valence-corrected chi connectivity index (χ1v) is 27.2. The predicted octanol–water partition coefficient (Wildman–Crippen LogP) is 17.7. The number of unbranched alkanes of at least 4 members (excludes halogenated alkanes) is 34. The van der Waals surface area contributed by atoms with E-state index in [0.717, 1.165) is 69.6 Å². The Morgan fingerprint density at radius 1 is 0.311 bits per heavy atom. The zero-order chi connectivity index (χ0) is 44.7. The van der Waals surface area contributed by atoms with Crippen LogP contribution in [0.4, 0.5) is 0 Å². The molecule has 0 N–H and O–H groups in total. The molecule has 6 heteroatoms. The van der Waals surface area contributed by atoms with Gasteiger partial charge in [-0.1, -0.05) is 266 Å². The number of carbonyl (C=O) groups is 3. The lowest BCUT2D eigenvalue weighted by molar-refractivity contribution is -0.167. The molecule has 0 bridgehead atoms. The maximum atomic E-state index is 12.8. The molecular formula is C55H106O6. The van der Waals surface area contributed by atoms with E-state index in [1.54, 1.807) is 0 Å². The van der Waals surface area contributed by atoms with Crippen molar-refractivity contribution >= 4 is 17.9 Å². The molecule has 61 heavy (non-hydrogen) atoms. The van der Waals surface area contributed by atoms with E-state index in [1.165, 1.54) is 193 Å². The van der Waals surface area contributed by atoms with Crippen molar-refractivity contribution in [2.45, 2.75) is 310 Å². The molecule has 0 fully saturated rings. The van der Waals surface area contributed by atoms with Crippen molar-refractivity contribution in [2.24, 2.45) is 11.8 Å². The van der Waals surface area contributed by atoms with Crippen molar-refractivity contribution in [3.8, 4) is 0 Å². The van der Waals surface area contributed by atoms with Crippen LogP contribution in [0.3, 0.4) is 0 Å². The van der Waals surface area contributed by atoms with Crippen LogP contribution in [0, 0.1) is 11.8 Å². The lowest BCUT2D eigenvalue weighted by atomic mass is 10.0. The van der Waals surface area contributed by atoms with Crippen molar-refractivity contribution in [2.75, 3.05) is 13.2 Å².